The van der Waals surface area contributed by atoms with Gasteiger partial charge >= 0.3 is 0 Å². The number of hydrogen-bond acceptors (Lipinski definition) is 5. The van der Waals surface area contributed by atoms with Gasteiger partial charge in [0.25, 0.3) is 5.91 Å². The van der Waals surface area contributed by atoms with Gasteiger partial charge in [-0.2, -0.15) is 4.98 Å². The van der Waals surface area contributed by atoms with Gasteiger partial charge in [0, 0.05) is 23.7 Å². The fourth-order valence-electron chi connectivity index (χ4n) is 2.92. The molecule has 2 heterocycles. The Bertz CT molecular complexity index is 936. The van der Waals surface area contributed by atoms with Crippen LogP contribution in [-0.4, -0.2) is 41.1 Å². The lowest BCUT2D eigenvalue weighted by Crippen LogP contribution is -2.48. The van der Waals surface area contributed by atoms with Crippen LogP contribution < -0.4 is 4.74 Å². The number of carbonyl (C=O) groups excluding carboxylic acids is 1. The van der Waals surface area contributed by atoms with Crippen molar-refractivity contribution in [2.24, 2.45) is 0 Å². The van der Waals surface area contributed by atoms with E-state index in [0.29, 0.717) is 41.1 Å². The van der Waals surface area contributed by atoms with E-state index >= 15 is 0 Å². The van der Waals surface area contributed by atoms with Crippen molar-refractivity contribution in [3.63, 3.8) is 0 Å². The molecule has 0 bridgehead atoms. The van der Waals surface area contributed by atoms with Crippen molar-refractivity contribution in [3.05, 3.63) is 65.0 Å². The molecule has 3 aromatic rings. The van der Waals surface area contributed by atoms with Crippen LogP contribution in [0.25, 0.3) is 11.4 Å². The molecule has 0 spiro atoms. The highest BCUT2D eigenvalue weighted by Gasteiger charge is 2.37. The third kappa shape index (κ3) is 3.04. The summed E-state index contributed by atoms with van der Waals surface area (Å²) in [5, 5.41) is 4.53. The number of aromatic nitrogens is 2. The summed E-state index contributed by atoms with van der Waals surface area (Å²) in [6, 6.07) is 14.6. The van der Waals surface area contributed by atoms with Crippen LogP contribution in [0.1, 0.15) is 22.2 Å². The van der Waals surface area contributed by atoms with Gasteiger partial charge in [0.05, 0.1) is 18.6 Å². The second-order valence-electron chi connectivity index (χ2n) is 6.07. The number of amides is 1. The van der Waals surface area contributed by atoms with Crippen molar-refractivity contribution in [1.29, 1.82) is 0 Å². The Morgan fingerprint density at radius 2 is 2.00 bits per heavy atom. The second-order valence-corrected chi connectivity index (χ2v) is 6.51. The molecule has 7 heteroatoms. The van der Waals surface area contributed by atoms with Crippen LogP contribution in [0, 0.1) is 0 Å². The molecule has 1 amide bonds. The minimum atomic E-state index is -0.122. The lowest BCUT2D eigenvalue weighted by molar-refractivity contribution is 0.0566. The molecular formula is C19H16ClN3O3. The molecule has 1 fully saturated rings. The van der Waals surface area contributed by atoms with Crippen LogP contribution in [0.4, 0.5) is 0 Å². The third-order valence-corrected chi connectivity index (χ3v) is 4.62. The Balaban J connectivity index is 1.45. The summed E-state index contributed by atoms with van der Waals surface area (Å²) in [7, 11) is 1.53. The van der Waals surface area contributed by atoms with Crippen molar-refractivity contribution in [2.75, 3.05) is 20.2 Å². The van der Waals surface area contributed by atoms with Gasteiger partial charge in [-0.3, -0.25) is 4.79 Å². The zero-order valence-electron chi connectivity index (χ0n) is 14.1. The fraction of sp³-hybridized carbons (Fsp3) is 0.211. The molecule has 1 aliphatic heterocycles. The van der Waals surface area contributed by atoms with Crippen LogP contribution in [0.15, 0.2) is 53.1 Å². The lowest BCUT2D eigenvalue weighted by atomic mass is 9.98. The van der Waals surface area contributed by atoms with Gasteiger partial charge in [-0.25, -0.2) is 0 Å². The topological polar surface area (TPSA) is 68.5 Å². The first-order chi connectivity index (χ1) is 12.7. The molecule has 26 heavy (non-hydrogen) atoms. The Morgan fingerprint density at radius 1 is 1.23 bits per heavy atom. The van der Waals surface area contributed by atoms with Gasteiger partial charge in [-0.05, 0) is 18.2 Å². The fourth-order valence-corrected chi connectivity index (χ4v) is 3.10. The van der Waals surface area contributed by atoms with Crippen LogP contribution in [0.3, 0.4) is 0 Å². The molecule has 2 aromatic carbocycles. The molecule has 132 valence electrons. The van der Waals surface area contributed by atoms with E-state index < -0.39 is 0 Å². The molecule has 0 unspecified atom stereocenters. The lowest BCUT2D eigenvalue weighted by Gasteiger charge is -2.37. The molecule has 0 aliphatic carbocycles. The maximum absolute atomic E-state index is 12.7. The monoisotopic (exact) mass is 369 g/mol. The van der Waals surface area contributed by atoms with Gasteiger partial charge < -0.3 is 14.2 Å². The molecule has 1 saturated heterocycles. The normalized spacial score (nSPS) is 14.2. The summed E-state index contributed by atoms with van der Waals surface area (Å²) in [6.07, 6.45) is 0. The highest BCUT2D eigenvalue weighted by atomic mass is 35.5. The third-order valence-electron chi connectivity index (χ3n) is 4.38. The Morgan fingerprint density at radius 3 is 2.73 bits per heavy atom. The van der Waals surface area contributed by atoms with E-state index in [9.17, 15) is 4.79 Å². The quantitative estimate of drug-likeness (QED) is 0.702. The molecule has 6 nitrogen and oxygen atoms in total. The summed E-state index contributed by atoms with van der Waals surface area (Å²) in [5.41, 5.74) is 1.35. The minimum Gasteiger partial charge on any atom is -0.496 e. The Kier molecular flexibility index (Phi) is 4.34. The number of likely N-dealkylation sites (tertiary alicyclic amines) is 1. The number of rotatable bonds is 4. The van der Waals surface area contributed by atoms with Crippen LogP contribution in [0.5, 0.6) is 5.75 Å². The van der Waals surface area contributed by atoms with Crippen molar-refractivity contribution in [3.8, 4) is 17.1 Å². The number of nitrogens with zero attached hydrogens (tertiary/aromatic N) is 3. The first kappa shape index (κ1) is 16.6. The number of ether oxygens (including phenoxy) is 1. The van der Waals surface area contributed by atoms with Crippen LogP contribution >= 0.6 is 11.6 Å². The molecule has 4 rings (SSSR count). The predicted molar refractivity (Wildman–Crippen MR) is 96.4 cm³/mol. The van der Waals surface area contributed by atoms with E-state index in [1.54, 1.807) is 23.1 Å². The summed E-state index contributed by atoms with van der Waals surface area (Å²) in [6.45, 7) is 1.04. The smallest absolute Gasteiger partial charge is 0.257 e. The van der Waals surface area contributed by atoms with Crippen molar-refractivity contribution < 1.29 is 14.1 Å². The molecule has 0 radical (unpaired) electrons. The molecule has 0 N–H and O–H groups in total. The maximum Gasteiger partial charge on any atom is 0.257 e. The molecule has 1 aromatic heterocycles. The highest BCUT2D eigenvalue weighted by Crippen LogP contribution is 2.31. The molecule has 0 saturated carbocycles. The zero-order valence-corrected chi connectivity index (χ0v) is 14.8. The molecule has 1 aliphatic rings. The Hall–Kier alpha value is -2.86. The summed E-state index contributed by atoms with van der Waals surface area (Å²) >= 11 is 6.01. The highest BCUT2D eigenvalue weighted by molar-refractivity contribution is 6.31. The number of hydrogen-bond donors (Lipinski definition) is 0. The first-order valence-corrected chi connectivity index (χ1v) is 8.55. The summed E-state index contributed by atoms with van der Waals surface area (Å²) < 4.78 is 10.6. The van der Waals surface area contributed by atoms with E-state index in [-0.39, 0.29) is 11.8 Å². The zero-order chi connectivity index (χ0) is 18.1. The number of methoxy groups -OCH3 is 1. The van der Waals surface area contributed by atoms with Crippen molar-refractivity contribution in [2.45, 2.75) is 5.92 Å². The van der Waals surface area contributed by atoms with Crippen molar-refractivity contribution >= 4 is 17.5 Å². The van der Waals surface area contributed by atoms with E-state index in [1.165, 1.54) is 7.11 Å². The van der Waals surface area contributed by atoms with Gasteiger partial charge in [0.15, 0.2) is 0 Å². The largest absolute Gasteiger partial charge is 0.496 e. The van der Waals surface area contributed by atoms with Gasteiger partial charge in [0.1, 0.15) is 5.75 Å². The average Bonchev–Trinajstić information content (AvgIpc) is 3.10. The minimum absolute atomic E-state index is 0.0362. The van der Waals surface area contributed by atoms with Gasteiger partial charge in [0.2, 0.25) is 11.7 Å². The summed E-state index contributed by atoms with van der Waals surface area (Å²) in [5.74, 6) is 1.53. The average molecular weight is 370 g/mol. The number of halogens is 1. The SMILES string of the molecule is COc1ccc(Cl)cc1C(=O)N1CC(c2nc(-c3ccccc3)no2)C1. The maximum atomic E-state index is 12.7. The molecule has 0 atom stereocenters. The van der Waals surface area contributed by atoms with Crippen LogP contribution in [0.2, 0.25) is 5.02 Å². The second kappa shape index (κ2) is 6.80. The Labute approximate surface area is 155 Å². The van der Waals surface area contributed by atoms with Crippen LogP contribution in [-0.2, 0) is 0 Å². The van der Waals surface area contributed by atoms with E-state index in [2.05, 4.69) is 10.1 Å². The first-order valence-electron chi connectivity index (χ1n) is 8.17. The van der Waals surface area contributed by atoms with E-state index in [4.69, 9.17) is 20.9 Å². The van der Waals surface area contributed by atoms with Crippen molar-refractivity contribution in [1.82, 2.24) is 15.0 Å². The van der Waals surface area contributed by atoms with Gasteiger partial charge in [-0.1, -0.05) is 47.1 Å². The predicted octanol–water partition coefficient (Wildman–Crippen LogP) is 3.64. The van der Waals surface area contributed by atoms with E-state index in [0.717, 1.165) is 5.56 Å². The van der Waals surface area contributed by atoms with Gasteiger partial charge in [-0.15, -0.1) is 0 Å². The number of benzene rings is 2. The van der Waals surface area contributed by atoms with E-state index in [1.807, 2.05) is 30.3 Å². The standard InChI is InChI=1S/C19H16ClN3O3/c1-25-16-8-7-14(20)9-15(16)19(24)23-10-13(11-23)18-21-17(22-26-18)12-5-3-2-4-6-12/h2-9,13H,10-11H2,1H3. The number of carbonyl (C=O) groups is 1. The summed E-state index contributed by atoms with van der Waals surface area (Å²) in [4.78, 5) is 18.9. The molecular weight excluding hydrogens is 354 g/mol.